The third-order valence-electron chi connectivity index (χ3n) is 0.757. The van der Waals surface area contributed by atoms with Crippen molar-refractivity contribution < 1.29 is 14.6 Å². The van der Waals surface area contributed by atoms with E-state index in [2.05, 4.69) is 17.4 Å². The smallest absolute Gasteiger partial charge is 0.331 e. The van der Waals surface area contributed by atoms with E-state index < -0.39 is 5.97 Å². The van der Waals surface area contributed by atoms with Gasteiger partial charge in [-0.2, -0.15) is 12.6 Å². The van der Waals surface area contributed by atoms with Gasteiger partial charge in [-0.25, -0.2) is 4.79 Å². The van der Waals surface area contributed by atoms with Crippen molar-refractivity contribution in [2.24, 2.45) is 0 Å². The van der Waals surface area contributed by atoms with Gasteiger partial charge in [0.15, 0.2) is 0 Å². The molecule has 4 heteroatoms. The number of hydrogen-bond acceptors (Lipinski definition) is 4. The van der Waals surface area contributed by atoms with Crippen molar-refractivity contribution in [1.82, 2.24) is 0 Å². The summed E-state index contributed by atoms with van der Waals surface area (Å²) in [5.74, 6) is -0.427. The molecule has 0 amide bonds. The van der Waals surface area contributed by atoms with Crippen molar-refractivity contribution in [3.8, 4) is 0 Å². The summed E-state index contributed by atoms with van der Waals surface area (Å²) < 4.78 is 4.59. The average molecular weight is 162 g/mol. The second-order valence-electron chi connectivity index (χ2n) is 1.56. The van der Waals surface area contributed by atoms with Crippen LogP contribution in [0, 0.1) is 0 Å². The van der Waals surface area contributed by atoms with E-state index in [4.69, 9.17) is 5.11 Å². The lowest BCUT2D eigenvalue weighted by atomic mass is 10.5. The molecule has 0 radical (unpaired) electrons. The molecule has 0 aliphatic carbocycles. The summed E-state index contributed by atoms with van der Waals surface area (Å²) in [6.45, 7) is 0.297. The van der Waals surface area contributed by atoms with E-state index in [1.54, 1.807) is 0 Å². The lowest BCUT2D eigenvalue weighted by molar-refractivity contribution is -0.137. The highest BCUT2D eigenvalue weighted by Gasteiger charge is 1.93. The number of esters is 1. The number of thiol groups is 1. The Hall–Kier alpha value is -0.480. The predicted octanol–water partition coefficient (Wildman–Crippen LogP) is 0.355. The molecule has 10 heavy (non-hydrogen) atoms. The molecule has 58 valence electrons. The second kappa shape index (κ2) is 6.64. The van der Waals surface area contributed by atoms with Crippen molar-refractivity contribution >= 4 is 18.6 Å². The highest BCUT2D eigenvalue weighted by Crippen LogP contribution is 1.85. The third kappa shape index (κ3) is 5.65. The number of rotatable bonds is 4. The van der Waals surface area contributed by atoms with Crippen molar-refractivity contribution in [2.45, 2.75) is 6.42 Å². The van der Waals surface area contributed by atoms with Crippen molar-refractivity contribution in [3.05, 3.63) is 11.5 Å². The Morgan fingerprint density at radius 3 is 2.90 bits per heavy atom. The maximum Gasteiger partial charge on any atom is 0.331 e. The van der Waals surface area contributed by atoms with E-state index >= 15 is 0 Å². The molecule has 0 aliphatic rings. The highest BCUT2D eigenvalue weighted by molar-refractivity contribution is 7.83. The SMILES string of the molecule is O=C(C=CS)OCCCO. The standard InChI is InChI=1S/C6H10O3S/c7-3-1-4-9-6(8)2-5-10/h2,5,7,10H,1,3-4H2. The summed E-state index contributed by atoms with van der Waals surface area (Å²) in [7, 11) is 0. The summed E-state index contributed by atoms with van der Waals surface area (Å²) in [5.41, 5.74) is 0. The highest BCUT2D eigenvalue weighted by atomic mass is 32.1. The van der Waals surface area contributed by atoms with Crippen LogP contribution in [0.2, 0.25) is 0 Å². The minimum atomic E-state index is -0.427. The van der Waals surface area contributed by atoms with Crippen LogP contribution in [0.15, 0.2) is 11.5 Å². The van der Waals surface area contributed by atoms with Gasteiger partial charge in [0.2, 0.25) is 0 Å². The monoisotopic (exact) mass is 162 g/mol. The van der Waals surface area contributed by atoms with Crippen LogP contribution in [-0.2, 0) is 9.53 Å². The molecule has 0 aliphatic heterocycles. The van der Waals surface area contributed by atoms with Gasteiger partial charge in [-0.15, -0.1) is 0 Å². The number of ether oxygens (including phenoxy) is 1. The van der Waals surface area contributed by atoms with Gasteiger partial charge in [-0.3, -0.25) is 0 Å². The Morgan fingerprint density at radius 2 is 2.40 bits per heavy atom. The van der Waals surface area contributed by atoms with Crippen LogP contribution in [-0.4, -0.2) is 24.3 Å². The molecule has 0 aromatic rings. The molecule has 0 aromatic carbocycles. The van der Waals surface area contributed by atoms with Crippen LogP contribution in [0.3, 0.4) is 0 Å². The maximum absolute atomic E-state index is 10.5. The van der Waals surface area contributed by atoms with Gasteiger partial charge < -0.3 is 9.84 Å². The van der Waals surface area contributed by atoms with E-state index in [0.717, 1.165) is 0 Å². The summed E-state index contributed by atoms with van der Waals surface area (Å²) in [6.07, 6.45) is 1.69. The molecular weight excluding hydrogens is 152 g/mol. The van der Waals surface area contributed by atoms with Gasteiger partial charge in [-0.1, -0.05) is 0 Å². The Labute approximate surface area is 65.1 Å². The first kappa shape index (κ1) is 9.52. The van der Waals surface area contributed by atoms with Gasteiger partial charge in [0.1, 0.15) is 0 Å². The second-order valence-corrected chi connectivity index (χ2v) is 1.86. The Morgan fingerprint density at radius 1 is 1.70 bits per heavy atom. The van der Waals surface area contributed by atoms with E-state index in [0.29, 0.717) is 6.42 Å². The topological polar surface area (TPSA) is 46.5 Å². The third-order valence-corrected chi connectivity index (χ3v) is 0.906. The molecular formula is C6H10O3S. The number of carbonyl (C=O) groups excluding carboxylic acids is 1. The number of hydrogen-bond donors (Lipinski definition) is 2. The van der Waals surface area contributed by atoms with Gasteiger partial charge in [0.05, 0.1) is 6.61 Å². The molecule has 0 heterocycles. The quantitative estimate of drug-likeness (QED) is 0.271. The largest absolute Gasteiger partial charge is 0.462 e. The van der Waals surface area contributed by atoms with Crippen molar-refractivity contribution in [1.29, 1.82) is 0 Å². The first-order chi connectivity index (χ1) is 4.81. The zero-order valence-corrected chi connectivity index (χ0v) is 6.38. The summed E-state index contributed by atoms with van der Waals surface area (Å²) in [5, 5.41) is 9.59. The fraction of sp³-hybridized carbons (Fsp3) is 0.500. The molecule has 0 saturated heterocycles. The van der Waals surface area contributed by atoms with Crippen LogP contribution < -0.4 is 0 Å². The maximum atomic E-state index is 10.5. The molecule has 0 saturated carbocycles. The summed E-state index contributed by atoms with van der Waals surface area (Å²) in [4.78, 5) is 10.5. The molecule has 0 fully saturated rings. The minimum Gasteiger partial charge on any atom is -0.462 e. The lowest BCUT2D eigenvalue weighted by Gasteiger charge is -1.97. The molecule has 0 atom stereocenters. The zero-order chi connectivity index (χ0) is 7.82. The summed E-state index contributed by atoms with van der Waals surface area (Å²) >= 11 is 3.67. The number of aliphatic hydroxyl groups excluding tert-OH is 1. The van der Waals surface area contributed by atoms with E-state index in [-0.39, 0.29) is 13.2 Å². The van der Waals surface area contributed by atoms with Crippen molar-refractivity contribution in [2.75, 3.05) is 13.2 Å². The van der Waals surface area contributed by atoms with Crippen LogP contribution in [0.25, 0.3) is 0 Å². The molecule has 1 N–H and O–H groups in total. The Kier molecular flexibility index (Phi) is 6.32. The van der Waals surface area contributed by atoms with Crippen molar-refractivity contribution in [3.63, 3.8) is 0 Å². The fourth-order valence-corrected chi connectivity index (χ4v) is 0.468. The number of carbonyl (C=O) groups is 1. The fourth-order valence-electron chi connectivity index (χ4n) is 0.346. The molecule has 0 bridgehead atoms. The van der Waals surface area contributed by atoms with Crippen LogP contribution >= 0.6 is 12.6 Å². The minimum absolute atomic E-state index is 0.0396. The molecule has 0 rings (SSSR count). The normalized spacial score (nSPS) is 10.2. The van der Waals surface area contributed by atoms with E-state index in [1.165, 1.54) is 11.5 Å². The number of aliphatic hydroxyl groups is 1. The van der Waals surface area contributed by atoms with Crippen LogP contribution in [0.5, 0.6) is 0 Å². The first-order valence-electron chi connectivity index (χ1n) is 2.89. The Balaban J connectivity index is 3.22. The lowest BCUT2D eigenvalue weighted by Crippen LogP contribution is -2.03. The van der Waals surface area contributed by atoms with E-state index in [1.807, 2.05) is 0 Å². The van der Waals surface area contributed by atoms with Gasteiger partial charge in [-0.05, 0) is 5.41 Å². The first-order valence-corrected chi connectivity index (χ1v) is 3.41. The van der Waals surface area contributed by atoms with E-state index in [9.17, 15) is 4.79 Å². The predicted molar refractivity (Wildman–Crippen MR) is 40.8 cm³/mol. The zero-order valence-electron chi connectivity index (χ0n) is 5.49. The van der Waals surface area contributed by atoms with Gasteiger partial charge in [0, 0.05) is 19.1 Å². The molecule has 0 spiro atoms. The van der Waals surface area contributed by atoms with Crippen LogP contribution in [0.1, 0.15) is 6.42 Å². The molecule has 0 unspecified atom stereocenters. The molecule has 3 nitrogen and oxygen atoms in total. The molecule has 0 aromatic heterocycles. The Bertz CT molecular complexity index is 122. The van der Waals surface area contributed by atoms with Gasteiger partial charge >= 0.3 is 5.97 Å². The van der Waals surface area contributed by atoms with Crippen LogP contribution in [0.4, 0.5) is 0 Å². The average Bonchev–Trinajstić information content (AvgIpc) is 1.89. The summed E-state index contributed by atoms with van der Waals surface area (Å²) in [6, 6.07) is 0. The van der Waals surface area contributed by atoms with Gasteiger partial charge in [0.25, 0.3) is 0 Å².